The fraction of sp³-hybridized carbons (Fsp3) is 0.226. The van der Waals surface area contributed by atoms with Crippen LogP contribution >= 0.6 is 0 Å². The first-order valence-corrected chi connectivity index (χ1v) is 20.3. The number of nitrogens with zero attached hydrogens (tertiary/aromatic N) is 5. The summed E-state index contributed by atoms with van der Waals surface area (Å²) in [6.45, 7) is 20.2. The Balaban J connectivity index is 0.00000499. The van der Waals surface area contributed by atoms with Gasteiger partial charge in [-0.25, -0.2) is 4.98 Å². The zero-order chi connectivity index (χ0) is 41.3. The maximum Gasteiger partial charge on any atom is 0.269 e. The first-order chi connectivity index (χ1) is 28.1. The number of para-hydroxylation sites is 2. The van der Waals surface area contributed by atoms with E-state index in [0.717, 1.165) is 49.9 Å². The van der Waals surface area contributed by atoms with Gasteiger partial charge in [-0.1, -0.05) is 147 Å². The minimum absolute atomic E-state index is 0. The molecular formula is C53H49N5OPt-2. The van der Waals surface area contributed by atoms with Crippen molar-refractivity contribution >= 4 is 32.8 Å². The molecule has 4 heterocycles. The normalized spacial score (nSPS) is 12.3. The topological polar surface area (TPSA) is 48.8 Å². The van der Waals surface area contributed by atoms with Gasteiger partial charge in [-0.05, 0) is 85.5 Å². The van der Waals surface area contributed by atoms with Crippen molar-refractivity contribution in [1.82, 2.24) is 19.1 Å². The predicted molar refractivity (Wildman–Crippen MR) is 239 cm³/mol. The van der Waals surface area contributed by atoms with Crippen LogP contribution in [0.5, 0.6) is 11.5 Å². The minimum atomic E-state index is -0.0443. The van der Waals surface area contributed by atoms with Crippen LogP contribution in [0.15, 0.2) is 134 Å². The van der Waals surface area contributed by atoms with Gasteiger partial charge in [0.05, 0.1) is 22.5 Å². The van der Waals surface area contributed by atoms with Crippen LogP contribution in [0.3, 0.4) is 0 Å². The number of pyridine rings is 2. The Labute approximate surface area is 367 Å². The summed E-state index contributed by atoms with van der Waals surface area (Å²) in [5, 5.41) is 2.19. The van der Waals surface area contributed by atoms with Gasteiger partial charge in [0.25, 0.3) is 6.33 Å². The molecule has 0 aliphatic carbocycles. The van der Waals surface area contributed by atoms with Crippen LogP contribution in [0, 0.1) is 18.5 Å². The number of hydrogen-bond donors (Lipinski definition) is 0. The molecule has 0 amide bonds. The fourth-order valence-electron chi connectivity index (χ4n) is 7.71. The number of benzene rings is 5. The molecule has 0 bridgehead atoms. The van der Waals surface area contributed by atoms with Gasteiger partial charge < -0.3 is 9.30 Å². The molecular weight excluding hydrogens is 918 g/mol. The molecule has 0 atom stereocenters. The minimum Gasteiger partial charge on any atom is -0.522 e. The molecule has 4 aromatic heterocycles. The number of rotatable bonds is 6. The van der Waals surface area contributed by atoms with Crippen LogP contribution in [-0.4, -0.2) is 19.1 Å². The maximum absolute atomic E-state index is 6.60. The third kappa shape index (κ3) is 7.70. The van der Waals surface area contributed by atoms with Crippen molar-refractivity contribution in [3.05, 3.63) is 169 Å². The molecule has 0 aliphatic heterocycles. The first-order valence-electron chi connectivity index (χ1n) is 20.3. The van der Waals surface area contributed by atoms with Crippen LogP contribution in [0.4, 0.5) is 0 Å². The number of fused-ring (bicyclic) bond motifs is 4. The molecule has 0 radical (unpaired) electrons. The van der Waals surface area contributed by atoms with E-state index >= 15 is 0 Å². The molecule has 0 aliphatic rings. The monoisotopic (exact) mass is 966 g/mol. The van der Waals surface area contributed by atoms with E-state index in [1.807, 2.05) is 35.0 Å². The Hall–Kier alpha value is -5.84. The van der Waals surface area contributed by atoms with Crippen LogP contribution in [0.1, 0.15) is 79.0 Å². The van der Waals surface area contributed by atoms with Gasteiger partial charge in [0.2, 0.25) is 0 Å². The van der Waals surface area contributed by atoms with Crippen LogP contribution in [0.25, 0.3) is 61.3 Å². The molecule has 0 fully saturated rings. The van der Waals surface area contributed by atoms with Crippen LogP contribution in [-0.2, 0) is 37.3 Å². The summed E-state index contributed by atoms with van der Waals surface area (Å²) in [4.78, 5) is 9.67. The Bertz CT molecular complexity index is 3000. The molecule has 0 saturated carbocycles. The molecule has 0 saturated heterocycles. The van der Waals surface area contributed by atoms with Crippen LogP contribution < -0.4 is 9.30 Å². The maximum atomic E-state index is 6.60. The zero-order valence-electron chi connectivity index (χ0n) is 35.7. The summed E-state index contributed by atoms with van der Waals surface area (Å²) >= 11 is 0. The number of aromatic nitrogens is 5. The van der Waals surface area contributed by atoms with Crippen molar-refractivity contribution < 1.29 is 30.4 Å². The summed E-state index contributed by atoms with van der Waals surface area (Å²) in [6, 6.07) is 49.7. The molecule has 60 heavy (non-hydrogen) atoms. The molecule has 6 nitrogen and oxygen atoms in total. The largest absolute Gasteiger partial charge is 0.522 e. The Morgan fingerprint density at radius 2 is 1.22 bits per heavy atom. The summed E-state index contributed by atoms with van der Waals surface area (Å²) in [5.41, 5.74) is 11.0. The van der Waals surface area contributed by atoms with E-state index in [0.29, 0.717) is 17.3 Å². The Morgan fingerprint density at radius 1 is 0.550 bits per heavy atom. The molecule has 304 valence electrons. The van der Waals surface area contributed by atoms with E-state index in [4.69, 9.17) is 14.7 Å². The summed E-state index contributed by atoms with van der Waals surface area (Å²) in [7, 11) is 0. The Kier molecular flexibility index (Phi) is 10.4. The van der Waals surface area contributed by atoms with E-state index in [1.165, 1.54) is 22.3 Å². The molecule has 9 rings (SSSR count). The van der Waals surface area contributed by atoms with Crippen molar-refractivity contribution in [2.45, 2.75) is 78.6 Å². The molecule has 9 aromatic rings. The molecule has 0 N–H and O–H groups in total. The Morgan fingerprint density at radius 3 is 1.93 bits per heavy atom. The van der Waals surface area contributed by atoms with Gasteiger partial charge in [0.15, 0.2) is 0 Å². The van der Waals surface area contributed by atoms with E-state index in [2.05, 4.69) is 187 Å². The van der Waals surface area contributed by atoms with Crippen LogP contribution in [0.2, 0.25) is 0 Å². The molecule has 0 spiro atoms. The second-order valence-electron chi connectivity index (χ2n) is 18.6. The van der Waals surface area contributed by atoms with Crippen molar-refractivity contribution in [2.75, 3.05) is 0 Å². The second kappa shape index (κ2) is 15.3. The van der Waals surface area contributed by atoms with Gasteiger partial charge in [-0.15, -0.1) is 17.5 Å². The van der Waals surface area contributed by atoms with E-state index in [-0.39, 0.29) is 37.3 Å². The third-order valence-electron chi connectivity index (χ3n) is 11.2. The summed E-state index contributed by atoms with van der Waals surface area (Å²) in [5.74, 6) is 2.50. The van der Waals surface area contributed by atoms with Gasteiger partial charge in [0, 0.05) is 38.5 Å². The molecule has 5 aromatic carbocycles. The first kappa shape index (κ1) is 40.9. The SMILES string of the molecule is CC(C)(C)c1cc(-[n+]2[c-]n(-c3[c-]c(Oc4[c-]c5c(cc4)c4cc(-c6ccccc6)ccc4n5-c4cc(C(C)(C)C)ccn4)ccn3)c3ccccc32)cc(C(C)(C)C)c1.[Pt]. The predicted octanol–water partition coefficient (Wildman–Crippen LogP) is 12.5. The van der Waals surface area contributed by atoms with E-state index in [9.17, 15) is 0 Å². The zero-order valence-corrected chi connectivity index (χ0v) is 37.9. The number of imidazole rings is 1. The van der Waals surface area contributed by atoms with E-state index < -0.39 is 0 Å². The average molecular weight is 967 g/mol. The number of hydrogen-bond acceptors (Lipinski definition) is 3. The fourth-order valence-corrected chi connectivity index (χ4v) is 7.71. The third-order valence-corrected chi connectivity index (χ3v) is 11.2. The smallest absolute Gasteiger partial charge is 0.269 e. The van der Waals surface area contributed by atoms with Gasteiger partial charge in [0.1, 0.15) is 5.82 Å². The average Bonchev–Trinajstić information content (AvgIpc) is 3.76. The quantitative estimate of drug-likeness (QED) is 0.123. The number of ether oxygens (including phenoxy) is 1. The van der Waals surface area contributed by atoms with Gasteiger partial charge in [-0.2, -0.15) is 18.2 Å². The summed E-state index contributed by atoms with van der Waals surface area (Å²) < 4.78 is 12.9. The van der Waals surface area contributed by atoms with E-state index in [1.54, 1.807) is 6.20 Å². The molecule has 0 unspecified atom stereocenters. The van der Waals surface area contributed by atoms with Crippen molar-refractivity contribution in [3.8, 4) is 39.9 Å². The van der Waals surface area contributed by atoms with Crippen molar-refractivity contribution in [2.24, 2.45) is 0 Å². The molecule has 7 heteroatoms. The van der Waals surface area contributed by atoms with Crippen molar-refractivity contribution in [1.29, 1.82) is 0 Å². The summed E-state index contributed by atoms with van der Waals surface area (Å²) in [6.07, 6.45) is 7.29. The van der Waals surface area contributed by atoms with Crippen molar-refractivity contribution in [3.63, 3.8) is 0 Å². The standard InChI is InChI=1S/C53H49N5O.Pt/c1-51(2,3)37-23-25-55-50(31-37)58-45-22-19-36(35-15-11-10-12-16-35)27-44(45)43-21-20-41(32-48(43)58)59-42-24-26-54-49(33-42)57-34-56(46-17-13-14-18-47(46)57)40-29-38(52(4,5)6)28-39(30-40)53(7,8)9;/h10-31H,1-9H3;/q-2;. The van der Waals surface area contributed by atoms with Gasteiger partial charge in [-0.3, -0.25) is 14.1 Å². The second-order valence-corrected chi connectivity index (χ2v) is 18.6. The van der Waals surface area contributed by atoms with Gasteiger partial charge >= 0.3 is 0 Å².